The summed E-state index contributed by atoms with van der Waals surface area (Å²) in [6.07, 6.45) is 1.56. The second-order valence-corrected chi connectivity index (χ2v) is 6.92. The maximum absolute atomic E-state index is 12.1. The van der Waals surface area contributed by atoms with Gasteiger partial charge in [0, 0.05) is 6.42 Å². The average molecular weight is 284 g/mol. The molecule has 1 saturated heterocycles. The van der Waals surface area contributed by atoms with Gasteiger partial charge in [-0.15, -0.1) is 0 Å². The lowest BCUT2D eigenvalue weighted by Crippen LogP contribution is -2.57. The van der Waals surface area contributed by atoms with Gasteiger partial charge in [0.2, 0.25) is 0 Å². The number of aliphatic carboxylic acids is 2. The van der Waals surface area contributed by atoms with E-state index in [-0.39, 0.29) is 18.3 Å². The Morgan fingerprint density at radius 1 is 1.00 bits per heavy atom. The zero-order valence-corrected chi connectivity index (χ0v) is 12.6. The van der Waals surface area contributed by atoms with E-state index in [1.54, 1.807) is 0 Å². The first-order valence-corrected chi connectivity index (χ1v) is 7.31. The minimum Gasteiger partial charge on any atom is -0.481 e. The third kappa shape index (κ3) is 1.59. The van der Waals surface area contributed by atoms with Crippen molar-refractivity contribution in [3.8, 4) is 0 Å². The van der Waals surface area contributed by atoms with Crippen LogP contribution in [0.1, 0.15) is 53.4 Å². The van der Waals surface area contributed by atoms with Crippen molar-refractivity contribution < 1.29 is 24.5 Å². The summed E-state index contributed by atoms with van der Waals surface area (Å²) in [5, 5.41) is 19.5. The van der Waals surface area contributed by atoms with E-state index < -0.39 is 28.6 Å². The summed E-state index contributed by atoms with van der Waals surface area (Å²) in [6.45, 7) is 7.73. The molecule has 20 heavy (non-hydrogen) atoms. The molecule has 1 aliphatic heterocycles. The SMILES string of the molecule is CC(C)C1(C(C)C)O[C@@]2(C(=O)O)CCC[C@]1(C(=O)O)C2. The van der Waals surface area contributed by atoms with E-state index in [4.69, 9.17) is 4.74 Å². The average Bonchev–Trinajstić information content (AvgIpc) is 2.57. The van der Waals surface area contributed by atoms with E-state index in [1.807, 2.05) is 27.7 Å². The predicted octanol–water partition coefficient (Wildman–Crippen LogP) is 2.54. The van der Waals surface area contributed by atoms with E-state index in [2.05, 4.69) is 0 Å². The van der Waals surface area contributed by atoms with Crippen LogP contribution in [0.2, 0.25) is 0 Å². The highest BCUT2D eigenvalue weighted by Crippen LogP contribution is 2.64. The number of carboxylic acids is 2. The Morgan fingerprint density at radius 2 is 1.55 bits per heavy atom. The fourth-order valence-corrected chi connectivity index (χ4v) is 4.76. The number of hydrogen-bond acceptors (Lipinski definition) is 3. The molecule has 0 aromatic heterocycles. The molecule has 114 valence electrons. The first kappa shape index (κ1) is 15.3. The molecular weight excluding hydrogens is 260 g/mol. The molecule has 0 radical (unpaired) electrons. The smallest absolute Gasteiger partial charge is 0.336 e. The summed E-state index contributed by atoms with van der Waals surface area (Å²) in [4.78, 5) is 23.8. The van der Waals surface area contributed by atoms with Crippen molar-refractivity contribution >= 4 is 11.9 Å². The standard InChI is InChI=1S/C15H24O5/c1-9(2)15(10(3)4)13(11(16)17)6-5-7-14(8-13,20-15)12(18)19/h9-10H,5-8H2,1-4H3,(H,16,17)(H,18,19)/t13-,14+/m1/s1. The third-order valence-electron chi connectivity index (χ3n) is 5.40. The van der Waals surface area contributed by atoms with Gasteiger partial charge in [-0.05, 0) is 31.1 Å². The number of rotatable bonds is 4. The highest BCUT2D eigenvalue weighted by molar-refractivity contribution is 5.84. The fourth-order valence-electron chi connectivity index (χ4n) is 4.76. The Labute approximate surface area is 119 Å². The Bertz CT molecular complexity index is 434. The van der Waals surface area contributed by atoms with Crippen LogP contribution in [0.15, 0.2) is 0 Å². The summed E-state index contributed by atoms with van der Waals surface area (Å²) < 4.78 is 6.13. The summed E-state index contributed by atoms with van der Waals surface area (Å²) >= 11 is 0. The van der Waals surface area contributed by atoms with E-state index in [1.165, 1.54) is 0 Å². The maximum atomic E-state index is 12.1. The molecule has 1 heterocycles. The van der Waals surface area contributed by atoms with Crippen molar-refractivity contribution in [1.82, 2.24) is 0 Å². The largest absolute Gasteiger partial charge is 0.481 e. The van der Waals surface area contributed by atoms with Crippen LogP contribution in [0, 0.1) is 17.3 Å². The highest BCUT2D eigenvalue weighted by atomic mass is 16.6. The van der Waals surface area contributed by atoms with Gasteiger partial charge in [-0.25, -0.2) is 4.79 Å². The number of hydrogen-bond donors (Lipinski definition) is 2. The molecule has 5 heteroatoms. The second kappa shape index (κ2) is 4.45. The first-order valence-electron chi connectivity index (χ1n) is 7.31. The van der Waals surface area contributed by atoms with Crippen molar-refractivity contribution in [2.45, 2.75) is 64.6 Å². The molecule has 1 saturated carbocycles. The molecule has 2 fully saturated rings. The molecule has 2 atom stereocenters. The molecule has 0 amide bonds. The molecule has 5 nitrogen and oxygen atoms in total. The van der Waals surface area contributed by atoms with Crippen LogP contribution in [0.4, 0.5) is 0 Å². The van der Waals surface area contributed by atoms with Crippen LogP contribution in [-0.2, 0) is 14.3 Å². The molecule has 2 rings (SSSR count). The van der Waals surface area contributed by atoms with Gasteiger partial charge in [-0.2, -0.15) is 0 Å². The highest BCUT2D eigenvalue weighted by Gasteiger charge is 2.73. The van der Waals surface area contributed by atoms with Gasteiger partial charge in [0.1, 0.15) is 5.41 Å². The van der Waals surface area contributed by atoms with Gasteiger partial charge in [0.25, 0.3) is 0 Å². The van der Waals surface area contributed by atoms with Gasteiger partial charge in [0.15, 0.2) is 5.60 Å². The van der Waals surface area contributed by atoms with Gasteiger partial charge in [0.05, 0.1) is 5.60 Å². The van der Waals surface area contributed by atoms with Crippen LogP contribution >= 0.6 is 0 Å². The lowest BCUT2D eigenvalue weighted by Gasteiger charge is -2.47. The van der Waals surface area contributed by atoms with Crippen molar-refractivity contribution in [3.05, 3.63) is 0 Å². The molecular formula is C15H24O5. The normalized spacial score (nSPS) is 35.5. The summed E-state index contributed by atoms with van der Waals surface area (Å²) in [7, 11) is 0. The number of fused-ring (bicyclic) bond motifs is 2. The minimum absolute atomic E-state index is 0.0575. The Balaban J connectivity index is 2.66. The molecule has 2 aliphatic rings. The summed E-state index contributed by atoms with van der Waals surface area (Å²) in [5.74, 6) is -2.05. The quantitative estimate of drug-likeness (QED) is 0.828. The monoisotopic (exact) mass is 284 g/mol. The maximum Gasteiger partial charge on any atom is 0.336 e. The van der Waals surface area contributed by atoms with Gasteiger partial charge in [-0.1, -0.05) is 27.7 Å². The van der Waals surface area contributed by atoms with E-state index in [0.29, 0.717) is 19.3 Å². The number of carboxylic acid groups (broad SMARTS) is 2. The molecule has 1 aliphatic carbocycles. The molecule has 2 bridgehead atoms. The van der Waals surface area contributed by atoms with E-state index in [0.717, 1.165) is 0 Å². The zero-order chi connectivity index (χ0) is 15.3. The second-order valence-electron chi connectivity index (χ2n) is 6.92. The predicted molar refractivity (Wildman–Crippen MR) is 72.4 cm³/mol. The van der Waals surface area contributed by atoms with Crippen LogP contribution in [0.5, 0.6) is 0 Å². The molecule has 2 N–H and O–H groups in total. The van der Waals surface area contributed by atoms with E-state index in [9.17, 15) is 19.8 Å². The van der Waals surface area contributed by atoms with Crippen molar-refractivity contribution in [2.24, 2.45) is 17.3 Å². The first-order chi connectivity index (χ1) is 9.14. The Kier molecular flexibility index (Phi) is 3.40. The number of carbonyl (C=O) groups is 2. The molecule has 0 unspecified atom stereocenters. The van der Waals surface area contributed by atoms with Gasteiger partial charge in [-0.3, -0.25) is 4.79 Å². The topological polar surface area (TPSA) is 83.8 Å². The number of ether oxygens (including phenoxy) is 1. The Hall–Kier alpha value is -1.10. The van der Waals surface area contributed by atoms with Crippen LogP contribution < -0.4 is 0 Å². The van der Waals surface area contributed by atoms with E-state index >= 15 is 0 Å². The fraction of sp³-hybridized carbons (Fsp3) is 0.867. The zero-order valence-electron chi connectivity index (χ0n) is 12.6. The third-order valence-corrected chi connectivity index (χ3v) is 5.40. The van der Waals surface area contributed by atoms with Crippen molar-refractivity contribution in [3.63, 3.8) is 0 Å². The summed E-state index contributed by atoms with van der Waals surface area (Å²) in [6, 6.07) is 0. The van der Waals surface area contributed by atoms with Crippen LogP contribution in [0.25, 0.3) is 0 Å². The van der Waals surface area contributed by atoms with Crippen LogP contribution in [-0.4, -0.2) is 33.4 Å². The van der Waals surface area contributed by atoms with Crippen molar-refractivity contribution in [2.75, 3.05) is 0 Å². The van der Waals surface area contributed by atoms with Gasteiger partial charge < -0.3 is 14.9 Å². The Morgan fingerprint density at radius 3 is 1.95 bits per heavy atom. The summed E-state index contributed by atoms with van der Waals surface area (Å²) in [5.41, 5.74) is -3.34. The molecule has 0 spiro atoms. The van der Waals surface area contributed by atoms with Gasteiger partial charge >= 0.3 is 11.9 Å². The minimum atomic E-state index is -1.33. The lowest BCUT2D eigenvalue weighted by molar-refractivity contribution is -0.200. The molecule has 0 aromatic rings. The lowest BCUT2D eigenvalue weighted by atomic mass is 9.56. The molecule has 0 aromatic carbocycles. The van der Waals surface area contributed by atoms with Crippen molar-refractivity contribution in [1.29, 1.82) is 0 Å². The van der Waals surface area contributed by atoms with Crippen LogP contribution in [0.3, 0.4) is 0 Å².